The summed E-state index contributed by atoms with van der Waals surface area (Å²) >= 11 is 0. The van der Waals surface area contributed by atoms with Gasteiger partial charge in [0, 0.05) is 27.0 Å². The van der Waals surface area contributed by atoms with Crippen molar-refractivity contribution < 1.29 is 9.47 Å². The Balaban J connectivity index is 1.86. The lowest BCUT2D eigenvalue weighted by Gasteiger charge is -2.27. The molecule has 0 fully saturated rings. The first-order valence-electron chi connectivity index (χ1n) is 11.1. The minimum atomic E-state index is -0.397. The van der Waals surface area contributed by atoms with Crippen LogP contribution in [0.15, 0.2) is 65.7 Å². The first kappa shape index (κ1) is 23.0. The fourth-order valence-corrected chi connectivity index (χ4v) is 4.19. The molecular weight excluding hydrogens is 416 g/mol. The molecule has 172 valence electrons. The van der Waals surface area contributed by atoms with Crippen molar-refractivity contribution in [2.24, 2.45) is 5.92 Å². The molecule has 4 rings (SSSR count). The Hall–Kier alpha value is -3.13. The van der Waals surface area contributed by atoms with E-state index < -0.39 is 6.29 Å². The van der Waals surface area contributed by atoms with E-state index in [0.717, 1.165) is 16.3 Å². The molecule has 7 nitrogen and oxygen atoms in total. The summed E-state index contributed by atoms with van der Waals surface area (Å²) in [5, 5.41) is 6.33. The monoisotopic (exact) mass is 446 g/mol. The van der Waals surface area contributed by atoms with Crippen molar-refractivity contribution in [1.29, 1.82) is 0 Å². The highest BCUT2D eigenvalue weighted by atomic mass is 16.7. The Bertz CT molecular complexity index is 1290. The summed E-state index contributed by atoms with van der Waals surface area (Å²) in [6, 6.07) is 15.9. The van der Waals surface area contributed by atoms with E-state index in [1.54, 1.807) is 37.2 Å². The zero-order chi connectivity index (χ0) is 23.4. The second-order valence-corrected chi connectivity index (χ2v) is 8.42. The van der Waals surface area contributed by atoms with Gasteiger partial charge in [0.1, 0.15) is 5.82 Å². The first-order chi connectivity index (χ1) is 16.0. The number of nitrogens with one attached hydrogen (secondary N) is 1. The summed E-state index contributed by atoms with van der Waals surface area (Å²) in [6.45, 7) is 5.09. The van der Waals surface area contributed by atoms with Gasteiger partial charge in [-0.3, -0.25) is 14.3 Å². The van der Waals surface area contributed by atoms with Crippen LogP contribution in [0.1, 0.15) is 31.3 Å². The minimum absolute atomic E-state index is 0.0761. The molecule has 0 amide bonds. The van der Waals surface area contributed by atoms with Gasteiger partial charge in [-0.1, -0.05) is 56.3 Å². The average molecular weight is 447 g/mol. The first-order valence-corrected chi connectivity index (χ1v) is 11.1. The second kappa shape index (κ2) is 10.2. The maximum absolute atomic E-state index is 13.7. The van der Waals surface area contributed by atoms with Crippen molar-refractivity contribution >= 4 is 21.7 Å². The highest BCUT2D eigenvalue weighted by molar-refractivity contribution is 5.85. The van der Waals surface area contributed by atoms with E-state index in [1.807, 2.05) is 18.2 Å². The number of rotatable bonds is 9. The van der Waals surface area contributed by atoms with Crippen molar-refractivity contribution in [3.8, 4) is 0 Å². The largest absolute Gasteiger partial charge is 0.355 e. The third kappa shape index (κ3) is 4.80. The number of aromatic nitrogens is 3. The normalized spacial score (nSPS) is 12.8. The molecule has 1 N–H and O–H groups in total. The van der Waals surface area contributed by atoms with E-state index in [2.05, 4.69) is 48.4 Å². The van der Waals surface area contributed by atoms with E-state index in [0.29, 0.717) is 29.8 Å². The summed E-state index contributed by atoms with van der Waals surface area (Å²) in [5.74, 6) is 0.841. The molecule has 0 saturated carbocycles. The number of hydrogen-bond donors (Lipinski definition) is 1. The second-order valence-electron chi connectivity index (χ2n) is 8.42. The zero-order valence-electron chi connectivity index (χ0n) is 19.5. The molecule has 1 unspecified atom stereocenters. The summed E-state index contributed by atoms with van der Waals surface area (Å²) in [5.41, 5.74) is 1.59. The van der Waals surface area contributed by atoms with Gasteiger partial charge in [-0.15, -0.1) is 0 Å². The van der Waals surface area contributed by atoms with Crippen molar-refractivity contribution in [2.75, 3.05) is 20.8 Å². The van der Waals surface area contributed by atoms with Crippen molar-refractivity contribution in [2.45, 2.75) is 32.7 Å². The minimum Gasteiger partial charge on any atom is -0.355 e. The molecule has 1 atom stereocenters. The van der Waals surface area contributed by atoms with Gasteiger partial charge in [0.2, 0.25) is 0 Å². The number of methoxy groups -OCH3 is 2. The van der Waals surface area contributed by atoms with Gasteiger partial charge >= 0.3 is 0 Å². The highest BCUT2D eigenvalue weighted by Crippen LogP contribution is 2.24. The quantitative estimate of drug-likeness (QED) is 0.393. The number of ether oxygens (including phenoxy) is 2. The molecule has 0 radical (unpaired) electrons. The SMILES string of the molecule is COC(CNC(c1nc2cnccc2c(=O)n1Cc1cccc2ccccc12)C(C)C)OC. The topological polar surface area (TPSA) is 78.3 Å². The molecule has 7 heteroatoms. The van der Waals surface area contributed by atoms with E-state index in [-0.39, 0.29) is 17.5 Å². The fraction of sp³-hybridized carbons (Fsp3) is 0.346. The lowest BCUT2D eigenvalue weighted by atomic mass is 10.0. The summed E-state index contributed by atoms with van der Waals surface area (Å²) in [6.07, 6.45) is 2.88. The van der Waals surface area contributed by atoms with Crippen LogP contribution < -0.4 is 10.9 Å². The lowest BCUT2D eigenvalue weighted by Crippen LogP contribution is -2.39. The fourth-order valence-electron chi connectivity index (χ4n) is 4.19. The number of hydrogen-bond acceptors (Lipinski definition) is 6. The molecule has 0 bridgehead atoms. The van der Waals surface area contributed by atoms with Gasteiger partial charge in [0.05, 0.1) is 29.7 Å². The molecular formula is C26H30N4O3. The van der Waals surface area contributed by atoms with Crippen LogP contribution in [-0.2, 0) is 16.0 Å². The van der Waals surface area contributed by atoms with Crippen molar-refractivity contribution in [3.63, 3.8) is 0 Å². The number of fused-ring (bicyclic) bond motifs is 2. The summed E-state index contributed by atoms with van der Waals surface area (Å²) in [7, 11) is 3.22. The predicted molar refractivity (Wildman–Crippen MR) is 130 cm³/mol. The molecule has 4 aromatic rings. The van der Waals surface area contributed by atoms with Gasteiger partial charge in [0.25, 0.3) is 5.56 Å². The maximum Gasteiger partial charge on any atom is 0.261 e. The number of nitrogens with zero attached hydrogens (tertiary/aromatic N) is 3. The van der Waals surface area contributed by atoms with Crippen LogP contribution in [0.2, 0.25) is 0 Å². The van der Waals surface area contributed by atoms with Crippen molar-refractivity contribution in [3.05, 3.63) is 82.7 Å². The average Bonchev–Trinajstić information content (AvgIpc) is 2.84. The molecule has 33 heavy (non-hydrogen) atoms. The lowest BCUT2D eigenvalue weighted by molar-refractivity contribution is -0.101. The summed E-state index contributed by atoms with van der Waals surface area (Å²) < 4.78 is 12.5. The number of benzene rings is 2. The van der Waals surface area contributed by atoms with Gasteiger partial charge in [-0.25, -0.2) is 4.98 Å². The molecule has 0 spiro atoms. The van der Waals surface area contributed by atoms with Crippen LogP contribution in [0.5, 0.6) is 0 Å². The molecule has 2 aromatic carbocycles. The van der Waals surface area contributed by atoms with E-state index in [4.69, 9.17) is 14.5 Å². The van der Waals surface area contributed by atoms with Crippen LogP contribution in [-0.4, -0.2) is 41.6 Å². The van der Waals surface area contributed by atoms with Gasteiger partial charge in [-0.2, -0.15) is 0 Å². The van der Waals surface area contributed by atoms with Gasteiger partial charge < -0.3 is 14.8 Å². The van der Waals surface area contributed by atoms with Crippen LogP contribution in [0.3, 0.4) is 0 Å². The molecule has 0 aliphatic rings. The highest BCUT2D eigenvalue weighted by Gasteiger charge is 2.24. The molecule has 0 saturated heterocycles. The van der Waals surface area contributed by atoms with Crippen LogP contribution in [0, 0.1) is 5.92 Å². The predicted octanol–water partition coefficient (Wildman–Crippen LogP) is 3.90. The third-order valence-electron chi connectivity index (χ3n) is 5.97. The molecule has 0 aliphatic heterocycles. The van der Waals surface area contributed by atoms with Crippen LogP contribution in [0.4, 0.5) is 0 Å². The Morgan fingerprint density at radius 2 is 1.76 bits per heavy atom. The van der Waals surface area contributed by atoms with E-state index in [9.17, 15) is 4.79 Å². The Morgan fingerprint density at radius 3 is 2.52 bits per heavy atom. The standard InChI is InChI=1S/C26H30N4O3/c1-17(2)24(28-15-23(32-3)33-4)25-29-22-14-27-13-12-21(22)26(31)30(25)16-19-10-7-9-18-8-5-6-11-20(18)19/h5-14,17,23-24,28H,15-16H2,1-4H3. The van der Waals surface area contributed by atoms with E-state index in [1.165, 1.54) is 0 Å². The Kier molecular flexibility index (Phi) is 7.13. The van der Waals surface area contributed by atoms with E-state index >= 15 is 0 Å². The summed E-state index contributed by atoms with van der Waals surface area (Å²) in [4.78, 5) is 22.8. The van der Waals surface area contributed by atoms with Gasteiger partial charge in [-0.05, 0) is 28.3 Å². The van der Waals surface area contributed by atoms with Crippen molar-refractivity contribution in [1.82, 2.24) is 19.9 Å². The van der Waals surface area contributed by atoms with Crippen LogP contribution >= 0.6 is 0 Å². The maximum atomic E-state index is 13.7. The Labute approximate surface area is 193 Å². The van der Waals surface area contributed by atoms with Crippen LogP contribution in [0.25, 0.3) is 21.7 Å². The molecule has 2 heterocycles. The zero-order valence-corrected chi connectivity index (χ0v) is 19.5. The Morgan fingerprint density at radius 1 is 1.00 bits per heavy atom. The smallest absolute Gasteiger partial charge is 0.261 e. The third-order valence-corrected chi connectivity index (χ3v) is 5.97. The van der Waals surface area contributed by atoms with Gasteiger partial charge in [0.15, 0.2) is 6.29 Å². The number of pyridine rings is 1. The molecule has 2 aromatic heterocycles. The molecule has 0 aliphatic carbocycles.